The summed E-state index contributed by atoms with van der Waals surface area (Å²) < 4.78 is 0. The van der Waals surface area contributed by atoms with Gasteiger partial charge in [-0.2, -0.15) is 0 Å². The summed E-state index contributed by atoms with van der Waals surface area (Å²) in [6.45, 7) is 6.11. The number of benzene rings is 1. The molecule has 0 aromatic heterocycles. The molecule has 13 heavy (non-hydrogen) atoms. The number of aliphatic hydroxyl groups is 1. The molecule has 1 rings (SSSR count). The van der Waals surface area contributed by atoms with E-state index in [0.29, 0.717) is 0 Å². The highest BCUT2D eigenvalue weighted by molar-refractivity contribution is 6.18. The van der Waals surface area contributed by atoms with E-state index in [1.807, 2.05) is 19.9 Å². The molecule has 0 spiro atoms. The van der Waals surface area contributed by atoms with Gasteiger partial charge in [-0.15, -0.1) is 11.6 Å². The predicted molar refractivity (Wildman–Crippen MR) is 56.3 cm³/mol. The van der Waals surface area contributed by atoms with Crippen LogP contribution in [0.5, 0.6) is 0 Å². The SMILES string of the molecule is Cc1cc(C)c([C@H](O)CCl)cc1C. The minimum Gasteiger partial charge on any atom is -0.387 e. The number of rotatable bonds is 2. The van der Waals surface area contributed by atoms with Gasteiger partial charge in [0.05, 0.1) is 12.0 Å². The van der Waals surface area contributed by atoms with Crippen molar-refractivity contribution in [2.75, 3.05) is 5.88 Å². The van der Waals surface area contributed by atoms with Crippen LogP contribution in [0.3, 0.4) is 0 Å². The molecule has 0 aliphatic heterocycles. The molecule has 0 aliphatic carbocycles. The van der Waals surface area contributed by atoms with E-state index in [2.05, 4.69) is 13.0 Å². The average Bonchev–Trinajstić information content (AvgIpc) is 2.10. The quantitative estimate of drug-likeness (QED) is 0.725. The second-order valence-corrected chi connectivity index (χ2v) is 3.77. The number of aliphatic hydroxyl groups excluding tert-OH is 1. The van der Waals surface area contributed by atoms with Crippen molar-refractivity contribution in [2.45, 2.75) is 26.9 Å². The van der Waals surface area contributed by atoms with Crippen LogP contribution in [0.1, 0.15) is 28.4 Å². The molecule has 0 amide bonds. The molecule has 1 atom stereocenters. The second-order valence-electron chi connectivity index (χ2n) is 3.46. The molecule has 0 heterocycles. The Labute approximate surface area is 84.4 Å². The molecular formula is C11H15ClO. The van der Waals surface area contributed by atoms with E-state index in [4.69, 9.17) is 11.6 Å². The Bertz CT molecular complexity index is 307. The van der Waals surface area contributed by atoms with Gasteiger partial charge >= 0.3 is 0 Å². The Morgan fingerprint density at radius 1 is 1.15 bits per heavy atom. The molecule has 0 radical (unpaired) electrons. The summed E-state index contributed by atoms with van der Waals surface area (Å²) in [5, 5.41) is 9.59. The van der Waals surface area contributed by atoms with Gasteiger partial charge in [-0.05, 0) is 43.0 Å². The van der Waals surface area contributed by atoms with Gasteiger partial charge in [0, 0.05) is 0 Å². The third-order valence-electron chi connectivity index (χ3n) is 2.39. The Morgan fingerprint density at radius 3 is 2.23 bits per heavy atom. The molecule has 0 saturated carbocycles. The lowest BCUT2D eigenvalue weighted by Gasteiger charge is -2.13. The standard InChI is InChI=1S/C11H15ClO/c1-7-4-9(3)10(5-8(7)2)11(13)6-12/h4-5,11,13H,6H2,1-3H3/t11-/m1/s1. The fourth-order valence-electron chi connectivity index (χ4n) is 1.42. The van der Waals surface area contributed by atoms with E-state index in [1.54, 1.807) is 0 Å². The molecule has 0 unspecified atom stereocenters. The van der Waals surface area contributed by atoms with Gasteiger partial charge in [-0.1, -0.05) is 12.1 Å². The first-order valence-electron chi connectivity index (χ1n) is 4.38. The van der Waals surface area contributed by atoms with Crippen molar-refractivity contribution in [2.24, 2.45) is 0 Å². The van der Waals surface area contributed by atoms with Crippen molar-refractivity contribution < 1.29 is 5.11 Å². The van der Waals surface area contributed by atoms with Crippen molar-refractivity contribution in [1.82, 2.24) is 0 Å². The monoisotopic (exact) mass is 198 g/mol. The summed E-state index contributed by atoms with van der Waals surface area (Å²) in [6.07, 6.45) is -0.541. The highest BCUT2D eigenvalue weighted by Gasteiger charge is 2.09. The lowest BCUT2D eigenvalue weighted by molar-refractivity contribution is 0.202. The van der Waals surface area contributed by atoms with Gasteiger partial charge in [0.1, 0.15) is 0 Å². The van der Waals surface area contributed by atoms with E-state index in [0.717, 1.165) is 11.1 Å². The molecule has 0 bridgehead atoms. The van der Waals surface area contributed by atoms with E-state index >= 15 is 0 Å². The number of hydrogen-bond donors (Lipinski definition) is 1. The van der Waals surface area contributed by atoms with Crippen LogP contribution in [0.15, 0.2) is 12.1 Å². The zero-order valence-corrected chi connectivity index (χ0v) is 9.02. The summed E-state index contributed by atoms with van der Waals surface area (Å²) in [5.41, 5.74) is 4.50. The van der Waals surface area contributed by atoms with Crippen molar-refractivity contribution in [3.8, 4) is 0 Å². The summed E-state index contributed by atoms with van der Waals surface area (Å²) in [4.78, 5) is 0. The molecule has 1 aromatic rings. The Morgan fingerprint density at radius 2 is 1.69 bits per heavy atom. The van der Waals surface area contributed by atoms with Gasteiger partial charge in [-0.25, -0.2) is 0 Å². The van der Waals surface area contributed by atoms with Crippen LogP contribution in [0.4, 0.5) is 0 Å². The summed E-state index contributed by atoms with van der Waals surface area (Å²) in [5.74, 6) is 0.253. The fourth-order valence-corrected chi connectivity index (χ4v) is 1.59. The van der Waals surface area contributed by atoms with Gasteiger partial charge in [0.15, 0.2) is 0 Å². The maximum Gasteiger partial charge on any atom is 0.0927 e. The van der Waals surface area contributed by atoms with Crippen LogP contribution in [0.25, 0.3) is 0 Å². The van der Waals surface area contributed by atoms with Crippen LogP contribution in [0.2, 0.25) is 0 Å². The minimum absolute atomic E-state index is 0.253. The van der Waals surface area contributed by atoms with E-state index in [9.17, 15) is 5.11 Å². The number of alkyl halides is 1. The normalized spacial score (nSPS) is 13.0. The van der Waals surface area contributed by atoms with Gasteiger partial charge in [0.25, 0.3) is 0 Å². The van der Waals surface area contributed by atoms with Crippen LogP contribution < -0.4 is 0 Å². The third-order valence-corrected chi connectivity index (χ3v) is 2.68. The first kappa shape index (κ1) is 10.6. The molecular weight excluding hydrogens is 184 g/mol. The van der Waals surface area contributed by atoms with Crippen LogP contribution >= 0.6 is 11.6 Å². The van der Waals surface area contributed by atoms with Gasteiger partial charge in [-0.3, -0.25) is 0 Å². The third kappa shape index (κ3) is 2.23. The van der Waals surface area contributed by atoms with E-state index in [1.165, 1.54) is 11.1 Å². The van der Waals surface area contributed by atoms with Crippen LogP contribution in [-0.2, 0) is 0 Å². The van der Waals surface area contributed by atoms with E-state index < -0.39 is 6.10 Å². The largest absolute Gasteiger partial charge is 0.387 e. The molecule has 0 fully saturated rings. The zero-order valence-electron chi connectivity index (χ0n) is 8.26. The van der Waals surface area contributed by atoms with Gasteiger partial charge in [0.2, 0.25) is 0 Å². The van der Waals surface area contributed by atoms with E-state index in [-0.39, 0.29) is 5.88 Å². The maximum atomic E-state index is 9.59. The topological polar surface area (TPSA) is 20.2 Å². The first-order chi connectivity index (χ1) is 6.06. The van der Waals surface area contributed by atoms with Gasteiger partial charge < -0.3 is 5.11 Å². The first-order valence-corrected chi connectivity index (χ1v) is 4.91. The van der Waals surface area contributed by atoms with Crippen molar-refractivity contribution >= 4 is 11.6 Å². The number of hydrogen-bond acceptors (Lipinski definition) is 1. The highest BCUT2D eigenvalue weighted by atomic mass is 35.5. The van der Waals surface area contributed by atoms with Crippen molar-refractivity contribution in [3.05, 3.63) is 34.4 Å². The van der Waals surface area contributed by atoms with Crippen LogP contribution in [-0.4, -0.2) is 11.0 Å². The average molecular weight is 199 g/mol. The fraction of sp³-hybridized carbons (Fsp3) is 0.455. The molecule has 1 N–H and O–H groups in total. The Balaban J connectivity index is 3.15. The summed E-state index contributed by atoms with van der Waals surface area (Å²) in [6, 6.07) is 4.10. The Kier molecular flexibility index (Phi) is 3.34. The molecule has 72 valence electrons. The lowest BCUT2D eigenvalue weighted by Crippen LogP contribution is -2.02. The highest BCUT2D eigenvalue weighted by Crippen LogP contribution is 2.22. The summed E-state index contributed by atoms with van der Waals surface area (Å²) >= 11 is 5.60. The predicted octanol–water partition coefficient (Wildman–Crippen LogP) is 2.88. The molecule has 1 aromatic carbocycles. The smallest absolute Gasteiger partial charge is 0.0927 e. The molecule has 0 saturated heterocycles. The molecule has 1 nitrogen and oxygen atoms in total. The maximum absolute atomic E-state index is 9.59. The Hall–Kier alpha value is -0.530. The zero-order chi connectivity index (χ0) is 10.0. The lowest BCUT2D eigenvalue weighted by atomic mass is 9.98. The number of aryl methyl sites for hydroxylation is 3. The number of halogens is 1. The van der Waals surface area contributed by atoms with Crippen molar-refractivity contribution in [3.63, 3.8) is 0 Å². The second kappa shape index (κ2) is 4.12. The van der Waals surface area contributed by atoms with Crippen LogP contribution in [0, 0.1) is 20.8 Å². The minimum atomic E-state index is -0.541. The summed E-state index contributed by atoms with van der Waals surface area (Å²) in [7, 11) is 0. The van der Waals surface area contributed by atoms with Crippen molar-refractivity contribution in [1.29, 1.82) is 0 Å². The molecule has 0 aliphatic rings. The molecule has 2 heteroatoms.